The zero-order valence-electron chi connectivity index (χ0n) is 18.1. The van der Waals surface area contributed by atoms with Crippen LogP contribution in [0.2, 0.25) is 0 Å². The maximum Gasteiger partial charge on any atom is 0.416 e. The van der Waals surface area contributed by atoms with Gasteiger partial charge in [0, 0.05) is 0 Å². The molecule has 1 aromatic heterocycles. The number of likely N-dealkylation sites (tertiary alicyclic amines) is 1. The average Bonchev–Trinajstić information content (AvgIpc) is 3.30. The van der Waals surface area contributed by atoms with Crippen molar-refractivity contribution in [2.24, 2.45) is 0 Å². The monoisotopic (exact) mass is 483 g/mol. The van der Waals surface area contributed by atoms with E-state index in [9.17, 15) is 26.3 Å². The predicted octanol–water partition coefficient (Wildman–Crippen LogP) is 7.24. The molecule has 9 heteroatoms. The molecular formula is C25H23F6NO2. The minimum atomic E-state index is -4.90. The number of piperidine rings is 1. The van der Waals surface area contributed by atoms with E-state index in [1.165, 1.54) is 0 Å². The largest absolute Gasteiger partial charge is 0.468 e. The van der Waals surface area contributed by atoms with Crippen LogP contribution in [-0.4, -0.2) is 17.5 Å². The van der Waals surface area contributed by atoms with Gasteiger partial charge >= 0.3 is 12.4 Å². The van der Waals surface area contributed by atoms with Gasteiger partial charge in [0.05, 0.1) is 42.7 Å². The van der Waals surface area contributed by atoms with Gasteiger partial charge in [-0.25, -0.2) is 0 Å². The number of ether oxygens (including phenoxy) is 1. The molecule has 0 radical (unpaired) electrons. The maximum atomic E-state index is 13.2. The fourth-order valence-corrected chi connectivity index (χ4v) is 4.36. The minimum absolute atomic E-state index is 0.127. The molecule has 182 valence electrons. The van der Waals surface area contributed by atoms with Crippen LogP contribution in [0.25, 0.3) is 0 Å². The van der Waals surface area contributed by atoms with Crippen molar-refractivity contribution in [1.29, 1.82) is 0 Å². The Bertz CT molecular complexity index is 1030. The highest BCUT2D eigenvalue weighted by Crippen LogP contribution is 2.38. The first-order valence-electron chi connectivity index (χ1n) is 10.8. The lowest BCUT2D eigenvalue weighted by Gasteiger charge is -2.41. The van der Waals surface area contributed by atoms with E-state index in [2.05, 4.69) is 4.90 Å². The van der Waals surface area contributed by atoms with Crippen LogP contribution in [0.5, 0.6) is 0 Å². The molecular weight excluding hydrogens is 460 g/mol. The van der Waals surface area contributed by atoms with E-state index in [4.69, 9.17) is 9.15 Å². The van der Waals surface area contributed by atoms with Crippen molar-refractivity contribution in [2.45, 2.75) is 50.5 Å². The second-order valence-electron chi connectivity index (χ2n) is 8.31. The molecule has 0 N–H and O–H groups in total. The van der Waals surface area contributed by atoms with Gasteiger partial charge in [0.2, 0.25) is 0 Å². The Labute approximate surface area is 192 Å². The van der Waals surface area contributed by atoms with E-state index < -0.39 is 29.6 Å². The summed E-state index contributed by atoms with van der Waals surface area (Å²) < 4.78 is 90.8. The molecule has 2 heterocycles. The molecule has 1 fully saturated rings. The van der Waals surface area contributed by atoms with Crippen LogP contribution in [0.15, 0.2) is 71.3 Å². The Morgan fingerprint density at radius 1 is 0.882 bits per heavy atom. The number of hydrogen-bond donors (Lipinski definition) is 0. The lowest BCUT2D eigenvalue weighted by Crippen LogP contribution is -2.42. The van der Waals surface area contributed by atoms with Crippen LogP contribution in [0.1, 0.15) is 46.9 Å². The molecule has 0 spiro atoms. The molecule has 3 nitrogen and oxygen atoms in total. The average molecular weight is 483 g/mol. The first-order valence-corrected chi connectivity index (χ1v) is 10.8. The van der Waals surface area contributed by atoms with Crippen LogP contribution in [0.4, 0.5) is 26.3 Å². The van der Waals surface area contributed by atoms with Crippen molar-refractivity contribution in [1.82, 2.24) is 4.90 Å². The molecule has 0 aliphatic carbocycles. The lowest BCUT2D eigenvalue weighted by atomic mass is 9.92. The van der Waals surface area contributed by atoms with Gasteiger partial charge in [0.25, 0.3) is 0 Å². The van der Waals surface area contributed by atoms with Crippen molar-refractivity contribution < 1.29 is 35.5 Å². The number of hydrogen-bond acceptors (Lipinski definition) is 3. The first-order chi connectivity index (χ1) is 16.1. The summed E-state index contributed by atoms with van der Waals surface area (Å²) in [5.41, 5.74) is -1.90. The lowest BCUT2D eigenvalue weighted by molar-refractivity contribution is -0.143. The van der Waals surface area contributed by atoms with Crippen molar-refractivity contribution >= 4 is 0 Å². The van der Waals surface area contributed by atoms with Gasteiger partial charge in [0.1, 0.15) is 5.76 Å². The molecule has 4 rings (SSSR count). The fraction of sp³-hybridized carbons (Fsp3) is 0.360. The maximum absolute atomic E-state index is 13.2. The normalized spacial score (nSPS) is 19.9. The highest BCUT2D eigenvalue weighted by atomic mass is 19.4. The predicted molar refractivity (Wildman–Crippen MR) is 113 cm³/mol. The van der Waals surface area contributed by atoms with E-state index in [0.29, 0.717) is 13.0 Å². The zero-order valence-corrected chi connectivity index (χ0v) is 18.1. The van der Waals surface area contributed by atoms with Crippen LogP contribution < -0.4 is 0 Å². The smallest absolute Gasteiger partial charge is 0.416 e. The molecule has 2 aromatic carbocycles. The van der Waals surface area contributed by atoms with Crippen LogP contribution in [0.3, 0.4) is 0 Å². The molecule has 0 amide bonds. The van der Waals surface area contributed by atoms with Gasteiger partial charge in [-0.15, -0.1) is 0 Å². The molecule has 3 aromatic rings. The summed E-state index contributed by atoms with van der Waals surface area (Å²) in [4.78, 5) is 2.16. The first kappa shape index (κ1) is 24.3. The summed E-state index contributed by atoms with van der Waals surface area (Å²) in [7, 11) is 0. The molecule has 1 aliphatic rings. The molecule has 1 saturated heterocycles. The molecule has 0 unspecified atom stereocenters. The third-order valence-electron chi connectivity index (χ3n) is 5.87. The number of furan rings is 1. The van der Waals surface area contributed by atoms with E-state index in [1.807, 2.05) is 36.4 Å². The van der Waals surface area contributed by atoms with Gasteiger partial charge in [-0.2, -0.15) is 26.3 Å². The Hall–Kier alpha value is -2.78. The molecule has 2 atom stereocenters. The number of alkyl halides is 6. The highest BCUT2D eigenvalue weighted by molar-refractivity contribution is 5.33. The SMILES string of the molecule is FC(F)(F)c1cc(CO[C@@H]2CCCN(Cc3ccco3)[C@@H]2c2ccccc2)cc(C(F)(F)F)c1. The minimum Gasteiger partial charge on any atom is -0.468 e. The van der Waals surface area contributed by atoms with Crippen LogP contribution >= 0.6 is 0 Å². The van der Waals surface area contributed by atoms with Crippen molar-refractivity contribution in [3.63, 3.8) is 0 Å². The van der Waals surface area contributed by atoms with Gasteiger partial charge in [-0.1, -0.05) is 30.3 Å². The highest BCUT2D eigenvalue weighted by Gasteiger charge is 2.38. The van der Waals surface area contributed by atoms with E-state index in [1.54, 1.807) is 12.3 Å². The number of nitrogens with zero attached hydrogens (tertiary/aromatic N) is 1. The third-order valence-corrected chi connectivity index (χ3v) is 5.87. The Balaban J connectivity index is 1.59. The molecule has 1 aliphatic heterocycles. The van der Waals surface area contributed by atoms with E-state index in [0.717, 1.165) is 36.4 Å². The van der Waals surface area contributed by atoms with Crippen molar-refractivity contribution in [2.75, 3.05) is 6.54 Å². The Morgan fingerprint density at radius 3 is 2.15 bits per heavy atom. The topological polar surface area (TPSA) is 25.6 Å². The molecule has 0 saturated carbocycles. The van der Waals surface area contributed by atoms with Crippen molar-refractivity contribution in [3.8, 4) is 0 Å². The summed E-state index contributed by atoms with van der Waals surface area (Å²) >= 11 is 0. The van der Waals surface area contributed by atoms with Crippen LogP contribution in [-0.2, 0) is 30.2 Å². The molecule has 34 heavy (non-hydrogen) atoms. The van der Waals surface area contributed by atoms with Gasteiger partial charge < -0.3 is 9.15 Å². The summed E-state index contributed by atoms with van der Waals surface area (Å²) in [5, 5.41) is 0. The van der Waals surface area contributed by atoms with E-state index in [-0.39, 0.29) is 24.3 Å². The summed E-state index contributed by atoms with van der Waals surface area (Å²) in [6.45, 7) is 0.895. The van der Waals surface area contributed by atoms with Gasteiger partial charge in [-0.05, 0) is 60.8 Å². The van der Waals surface area contributed by atoms with Gasteiger partial charge in [0.15, 0.2) is 0 Å². The van der Waals surface area contributed by atoms with E-state index >= 15 is 0 Å². The van der Waals surface area contributed by atoms with Crippen molar-refractivity contribution in [3.05, 3.63) is 94.9 Å². The Kier molecular flexibility index (Phi) is 7.04. The van der Waals surface area contributed by atoms with Crippen LogP contribution in [0, 0.1) is 0 Å². The standard InChI is InChI=1S/C25H23F6NO2/c26-24(27,28)19-12-17(13-20(14-19)25(29,30)31)16-34-22-9-4-10-32(15-21-8-5-11-33-21)23(22)18-6-2-1-3-7-18/h1-3,5-8,11-14,22-23H,4,9-10,15-16H2/t22-,23-/m1/s1. The second kappa shape index (κ2) is 9.84. The fourth-order valence-electron chi connectivity index (χ4n) is 4.36. The summed E-state index contributed by atoms with van der Waals surface area (Å²) in [5.74, 6) is 0.759. The summed E-state index contributed by atoms with van der Waals surface area (Å²) in [6.07, 6.45) is -7.24. The third kappa shape index (κ3) is 5.82. The second-order valence-corrected chi connectivity index (χ2v) is 8.31. The Morgan fingerprint density at radius 2 is 1.56 bits per heavy atom. The number of halogens is 6. The quantitative estimate of drug-likeness (QED) is 0.346. The molecule has 0 bridgehead atoms. The summed E-state index contributed by atoms with van der Waals surface area (Å²) in [6, 6.07) is 14.5. The number of benzene rings is 2. The van der Waals surface area contributed by atoms with Gasteiger partial charge in [-0.3, -0.25) is 4.90 Å². The zero-order chi connectivity index (χ0) is 24.3. The number of rotatable bonds is 6.